The minimum Gasteiger partial charge on any atom is -0.397 e. The summed E-state index contributed by atoms with van der Waals surface area (Å²) in [7, 11) is 0. The van der Waals surface area contributed by atoms with Crippen molar-refractivity contribution in [2.45, 2.75) is 0 Å². The number of hydrogen-bond donors (Lipinski definition) is 2. The standard InChI is InChI=1S/C12H10FN3O/c13-9-3-1-8(2-4-9)12(17)16-11-6-5-10(14)7-15-11/h1-7H,14H2,(H,15,16,17). The average molecular weight is 231 g/mol. The molecule has 3 N–H and O–H groups in total. The van der Waals surface area contributed by atoms with Gasteiger partial charge in [0, 0.05) is 5.56 Å². The van der Waals surface area contributed by atoms with Crippen molar-refractivity contribution in [2.24, 2.45) is 0 Å². The summed E-state index contributed by atoms with van der Waals surface area (Å²) in [6, 6.07) is 8.49. The molecule has 0 spiro atoms. The number of nitrogens with zero attached hydrogens (tertiary/aromatic N) is 1. The number of rotatable bonds is 2. The maximum Gasteiger partial charge on any atom is 0.256 e. The molecule has 86 valence electrons. The minimum absolute atomic E-state index is 0.345. The third-order valence-corrected chi connectivity index (χ3v) is 2.13. The average Bonchev–Trinajstić information content (AvgIpc) is 2.33. The first-order valence-electron chi connectivity index (χ1n) is 4.93. The predicted molar refractivity (Wildman–Crippen MR) is 63.0 cm³/mol. The molecule has 0 aliphatic heterocycles. The van der Waals surface area contributed by atoms with Gasteiger partial charge < -0.3 is 11.1 Å². The highest BCUT2D eigenvalue weighted by Crippen LogP contribution is 2.09. The number of nitrogens with two attached hydrogens (primary N) is 1. The van der Waals surface area contributed by atoms with Gasteiger partial charge in [0.15, 0.2) is 0 Å². The molecule has 1 aromatic heterocycles. The van der Waals surface area contributed by atoms with Crippen LogP contribution in [-0.4, -0.2) is 10.9 Å². The molecule has 0 atom stereocenters. The Balaban J connectivity index is 2.11. The summed E-state index contributed by atoms with van der Waals surface area (Å²) >= 11 is 0. The van der Waals surface area contributed by atoms with Gasteiger partial charge in [-0.25, -0.2) is 9.37 Å². The molecular formula is C12H10FN3O. The van der Waals surface area contributed by atoms with Gasteiger partial charge in [-0.3, -0.25) is 4.79 Å². The van der Waals surface area contributed by atoms with Crippen LogP contribution in [-0.2, 0) is 0 Å². The lowest BCUT2D eigenvalue weighted by atomic mass is 10.2. The lowest BCUT2D eigenvalue weighted by Gasteiger charge is -2.04. The van der Waals surface area contributed by atoms with Crippen LogP contribution in [0, 0.1) is 5.82 Å². The topological polar surface area (TPSA) is 68.0 Å². The van der Waals surface area contributed by atoms with Crippen LogP contribution < -0.4 is 11.1 Å². The number of benzene rings is 1. The van der Waals surface area contributed by atoms with Crippen LogP contribution in [0.15, 0.2) is 42.6 Å². The third-order valence-electron chi connectivity index (χ3n) is 2.13. The summed E-state index contributed by atoms with van der Waals surface area (Å²) in [4.78, 5) is 15.6. The SMILES string of the molecule is Nc1ccc(NC(=O)c2ccc(F)cc2)nc1. The van der Waals surface area contributed by atoms with Crippen LogP contribution in [0.2, 0.25) is 0 Å². The van der Waals surface area contributed by atoms with Gasteiger partial charge in [0.2, 0.25) is 0 Å². The van der Waals surface area contributed by atoms with E-state index in [2.05, 4.69) is 10.3 Å². The number of aromatic nitrogens is 1. The fraction of sp³-hybridized carbons (Fsp3) is 0. The van der Waals surface area contributed by atoms with Crippen molar-refractivity contribution in [2.75, 3.05) is 11.1 Å². The summed E-state index contributed by atoms with van der Waals surface area (Å²) < 4.78 is 12.7. The van der Waals surface area contributed by atoms with Crippen molar-refractivity contribution in [3.63, 3.8) is 0 Å². The fourth-order valence-electron chi connectivity index (χ4n) is 1.27. The summed E-state index contributed by atoms with van der Waals surface area (Å²) in [5.41, 5.74) is 6.35. The van der Waals surface area contributed by atoms with E-state index in [1.54, 1.807) is 12.1 Å². The summed E-state index contributed by atoms with van der Waals surface area (Å²) in [6.45, 7) is 0. The first kappa shape index (κ1) is 11.1. The molecule has 1 aromatic carbocycles. The molecule has 0 saturated carbocycles. The number of carbonyl (C=O) groups excluding carboxylic acids is 1. The van der Waals surface area contributed by atoms with Gasteiger partial charge in [0.05, 0.1) is 11.9 Å². The van der Waals surface area contributed by atoms with Crippen LogP contribution in [0.1, 0.15) is 10.4 Å². The number of carbonyl (C=O) groups is 1. The molecule has 0 saturated heterocycles. The maximum absolute atomic E-state index is 12.7. The maximum atomic E-state index is 12.7. The van der Waals surface area contributed by atoms with Crippen molar-refractivity contribution < 1.29 is 9.18 Å². The molecule has 0 fully saturated rings. The highest BCUT2D eigenvalue weighted by Gasteiger charge is 2.06. The third kappa shape index (κ3) is 2.78. The Morgan fingerprint density at radius 3 is 2.47 bits per heavy atom. The summed E-state index contributed by atoms with van der Waals surface area (Å²) in [5.74, 6) is -0.331. The molecule has 0 aliphatic carbocycles. The van der Waals surface area contributed by atoms with E-state index < -0.39 is 0 Å². The van der Waals surface area contributed by atoms with Crippen molar-refractivity contribution in [1.29, 1.82) is 0 Å². The molecule has 2 rings (SSSR count). The second-order valence-corrected chi connectivity index (χ2v) is 3.44. The molecule has 0 aliphatic rings. The van der Waals surface area contributed by atoms with E-state index in [4.69, 9.17) is 5.73 Å². The molecule has 0 radical (unpaired) electrons. The molecule has 2 aromatic rings. The Morgan fingerprint density at radius 2 is 1.88 bits per heavy atom. The lowest BCUT2D eigenvalue weighted by molar-refractivity contribution is 0.102. The number of halogens is 1. The van der Waals surface area contributed by atoms with E-state index in [1.165, 1.54) is 30.5 Å². The van der Waals surface area contributed by atoms with Gasteiger partial charge in [0.1, 0.15) is 11.6 Å². The highest BCUT2D eigenvalue weighted by molar-refractivity contribution is 6.03. The monoisotopic (exact) mass is 231 g/mol. The van der Waals surface area contributed by atoms with Gasteiger partial charge in [-0.15, -0.1) is 0 Å². The number of hydrogen-bond acceptors (Lipinski definition) is 3. The molecule has 0 bridgehead atoms. The number of pyridine rings is 1. The second-order valence-electron chi connectivity index (χ2n) is 3.44. The number of nitrogens with one attached hydrogen (secondary N) is 1. The lowest BCUT2D eigenvalue weighted by Crippen LogP contribution is -2.12. The van der Waals surface area contributed by atoms with Gasteiger partial charge in [-0.05, 0) is 36.4 Å². The van der Waals surface area contributed by atoms with Crippen LogP contribution in [0.25, 0.3) is 0 Å². The van der Waals surface area contributed by atoms with Crippen LogP contribution in [0.3, 0.4) is 0 Å². The molecule has 17 heavy (non-hydrogen) atoms. The zero-order valence-electron chi connectivity index (χ0n) is 8.85. The molecule has 1 amide bonds. The van der Waals surface area contributed by atoms with Crippen molar-refractivity contribution >= 4 is 17.4 Å². The first-order chi connectivity index (χ1) is 8.15. The fourth-order valence-corrected chi connectivity index (χ4v) is 1.27. The van der Waals surface area contributed by atoms with Crippen molar-refractivity contribution in [3.05, 3.63) is 54.0 Å². The summed E-state index contributed by atoms with van der Waals surface area (Å²) in [5, 5.41) is 2.58. The number of nitrogen functional groups attached to an aromatic ring is 1. The molecule has 5 heteroatoms. The van der Waals surface area contributed by atoms with Gasteiger partial charge in [-0.1, -0.05) is 0 Å². The quantitative estimate of drug-likeness (QED) is 0.831. The van der Waals surface area contributed by atoms with Gasteiger partial charge in [-0.2, -0.15) is 0 Å². The zero-order valence-corrected chi connectivity index (χ0v) is 8.85. The van der Waals surface area contributed by atoms with Crippen molar-refractivity contribution in [3.8, 4) is 0 Å². The zero-order chi connectivity index (χ0) is 12.3. The minimum atomic E-state index is -0.382. The normalized spacial score (nSPS) is 9.94. The Hall–Kier alpha value is -2.43. The highest BCUT2D eigenvalue weighted by atomic mass is 19.1. The van der Waals surface area contributed by atoms with E-state index in [-0.39, 0.29) is 11.7 Å². The second kappa shape index (κ2) is 4.61. The largest absolute Gasteiger partial charge is 0.397 e. The summed E-state index contributed by atoms with van der Waals surface area (Å²) in [6.07, 6.45) is 1.44. The predicted octanol–water partition coefficient (Wildman–Crippen LogP) is 2.06. The van der Waals surface area contributed by atoms with Crippen molar-refractivity contribution in [1.82, 2.24) is 4.98 Å². The Bertz CT molecular complexity index is 522. The Labute approximate surface area is 97.3 Å². The van der Waals surface area contributed by atoms with Crippen LogP contribution in [0.4, 0.5) is 15.9 Å². The molecule has 4 nitrogen and oxygen atoms in total. The van der Waals surface area contributed by atoms with Crippen LogP contribution in [0.5, 0.6) is 0 Å². The molecule has 0 unspecified atom stereocenters. The van der Waals surface area contributed by atoms with E-state index in [1.807, 2.05) is 0 Å². The Morgan fingerprint density at radius 1 is 1.18 bits per heavy atom. The van der Waals surface area contributed by atoms with Gasteiger partial charge >= 0.3 is 0 Å². The van der Waals surface area contributed by atoms with E-state index in [9.17, 15) is 9.18 Å². The molecule has 1 heterocycles. The smallest absolute Gasteiger partial charge is 0.256 e. The molecular weight excluding hydrogens is 221 g/mol. The number of amides is 1. The Kier molecular flexibility index (Phi) is 3.00. The van der Waals surface area contributed by atoms with E-state index in [0.29, 0.717) is 17.1 Å². The van der Waals surface area contributed by atoms with Gasteiger partial charge in [0.25, 0.3) is 5.91 Å². The van der Waals surface area contributed by atoms with E-state index >= 15 is 0 Å². The number of anilines is 2. The van der Waals surface area contributed by atoms with Crippen LogP contribution >= 0.6 is 0 Å². The van der Waals surface area contributed by atoms with E-state index in [0.717, 1.165) is 0 Å². The first-order valence-corrected chi connectivity index (χ1v) is 4.93.